The van der Waals surface area contributed by atoms with Gasteiger partial charge < -0.3 is 14.2 Å². The predicted octanol–water partition coefficient (Wildman–Crippen LogP) is 7.61. The van der Waals surface area contributed by atoms with E-state index in [9.17, 15) is 9.59 Å². The minimum absolute atomic E-state index is 0.0286. The van der Waals surface area contributed by atoms with Gasteiger partial charge in [0, 0.05) is 11.5 Å². The molecule has 6 nitrogen and oxygen atoms in total. The molecule has 40 heavy (non-hydrogen) atoms. The van der Waals surface area contributed by atoms with Crippen LogP contribution in [0.1, 0.15) is 93.9 Å². The number of carbonyl (C=O) groups excluding carboxylic acids is 3. The number of carbonyl (C=O) groups is 3. The highest BCUT2D eigenvalue weighted by Crippen LogP contribution is 2.54. The van der Waals surface area contributed by atoms with Gasteiger partial charge in [0.05, 0.1) is 37.5 Å². The molecule has 3 unspecified atom stereocenters. The Labute approximate surface area is 241 Å². The van der Waals surface area contributed by atoms with Crippen LogP contribution < -0.4 is 0 Å². The molecule has 2 aliphatic rings. The molecule has 0 N–H and O–H groups in total. The van der Waals surface area contributed by atoms with Crippen LogP contribution in [0.5, 0.6) is 0 Å². The summed E-state index contributed by atoms with van der Waals surface area (Å²) in [6.07, 6.45) is 6.67. The van der Waals surface area contributed by atoms with Crippen molar-refractivity contribution in [1.29, 1.82) is 0 Å². The lowest BCUT2D eigenvalue weighted by Gasteiger charge is -2.45. The number of esters is 1. The Balaban J connectivity index is 2.99. The third-order valence-corrected chi connectivity index (χ3v) is 8.33. The molecule has 5 atom stereocenters. The molecule has 1 heterocycles. The molecular formula is C34H50O6. The van der Waals surface area contributed by atoms with Crippen molar-refractivity contribution in [3.63, 3.8) is 0 Å². The summed E-state index contributed by atoms with van der Waals surface area (Å²) in [6, 6.07) is 0. The van der Waals surface area contributed by atoms with Crippen LogP contribution in [0, 0.1) is 23.2 Å². The maximum atomic E-state index is 15.1. The molecule has 0 saturated carbocycles. The fourth-order valence-electron chi connectivity index (χ4n) is 5.76. The molecule has 2 rings (SSSR count). The molecule has 1 fully saturated rings. The molecule has 0 spiro atoms. The maximum Gasteiger partial charge on any atom is 0.306 e. The van der Waals surface area contributed by atoms with Gasteiger partial charge in [0.1, 0.15) is 17.6 Å². The fraction of sp³-hybridized carbons (Fsp3) is 0.618. The van der Waals surface area contributed by atoms with E-state index in [1.165, 1.54) is 19.8 Å². The van der Waals surface area contributed by atoms with Crippen molar-refractivity contribution < 1.29 is 28.6 Å². The highest BCUT2D eigenvalue weighted by atomic mass is 16.5. The zero-order chi connectivity index (χ0) is 30.4. The average Bonchev–Trinajstić information content (AvgIpc) is 2.88. The average molecular weight is 555 g/mol. The van der Waals surface area contributed by atoms with E-state index in [0.29, 0.717) is 36.2 Å². The smallest absolute Gasteiger partial charge is 0.306 e. The van der Waals surface area contributed by atoms with Gasteiger partial charge in [0.25, 0.3) is 0 Å². The first-order valence-electron chi connectivity index (χ1n) is 14.5. The van der Waals surface area contributed by atoms with Crippen molar-refractivity contribution in [3.05, 3.63) is 58.1 Å². The Hall–Kier alpha value is -2.89. The lowest BCUT2D eigenvalue weighted by molar-refractivity contribution is -0.141. The molecule has 0 bridgehead atoms. The SMILES string of the molecule is C=C(C)C(CC=C(C)C)CC1(CC=C(C)C)C(=O)C(C(CCC)CC(=O)OC)=C2O[C@H](C)[C@@H](C)C(=O)C2=C1OC. The lowest BCUT2D eigenvalue weighted by Crippen LogP contribution is -2.47. The van der Waals surface area contributed by atoms with Gasteiger partial charge in [-0.25, -0.2) is 0 Å². The summed E-state index contributed by atoms with van der Waals surface area (Å²) >= 11 is 0. The number of fused-ring (bicyclic) bond motifs is 1. The van der Waals surface area contributed by atoms with Crippen molar-refractivity contribution in [2.75, 3.05) is 14.2 Å². The zero-order valence-corrected chi connectivity index (χ0v) is 26.4. The van der Waals surface area contributed by atoms with E-state index >= 15 is 4.79 Å². The van der Waals surface area contributed by atoms with Crippen LogP contribution in [0.3, 0.4) is 0 Å². The molecule has 6 heteroatoms. The van der Waals surface area contributed by atoms with Crippen molar-refractivity contribution in [2.24, 2.45) is 23.2 Å². The van der Waals surface area contributed by atoms with Crippen molar-refractivity contribution in [2.45, 2.75) is 100 Å². The Kier molecular flexibility index (Phi) is 11.8. The number of hydrogen-bond donors (Lipinski definition) is 0. The number of Topliss-reactive ketones (excluding diaryl/α,β-unsaturated/α-hetero) is 2. The van der Waals surface area contributed by atoms with Crippen LogP contribution in [0.15, 0.2) is 58.1 Å². The van der Waals surface area contributed by atoms with Crippen LogP contribution >= 0.6 is 0 Å². The number of allylic oxidation sites excluding steroid dienone is 8. The van der Waals surface area contributed by atoms with E-state index in [4.69, 9.17) is 14.2 Å². The highest BCUT2D eigenvalue weighted by Gasteiger charge is 2.55. The van der Waals surface area contributed by atoms with Gasteiger partial charge in [0.15, 0.2) is 11.6 Å². The normalized spacial score (nSPS) is 24.1. The Morgan fingerprint density at radius 3 is 2.20 bits per heavy atom. The Bertz CT molecular complexity index is 1130. The molecule has 222 valence electrons. The van der Waals surface area contributed by atoms with E-state index in [-0.39, 0.29) is 29.7 Å². The van der Waals surface area contributed by atoms with Crippen LogP contribution in [0.2, 0.25) is 0 Å². The van der Waals surface area contributed by atoms with Crippen LogP contribution in [0.25, 0.3) is 0 Å². The first-order chi connectivity index (χ1) is 18.7. The van der Waals surface area contributed by atoms with Gasteiger partial charge >= 0.3 is 5.97 Å². The van der Waals surface area contributed by atoms with Gasteiger partial charge in [-0.2, -0.15) is 0 Å². The van der Waals surface area contributed by atoms with Gasteiger partial charge in [-0.05, 0) is 73.1 Å². The van der Waals surface area contributed by atoms with Gasteiger partial charge in [-0.3, -0.25) is 14.4 Å². The molecular weight excluding hydrogens is 504 g/mol. The predicted molar refractivity (Wildman–Crippen MR) is 159 cm³/mol. The summed E-state index contributed by atoms with van der Waals surface area (Å²) in [7, 11) is 2.89. The molecule has 0 amide bonds. The van der Waals surface area contributed by atoms with E-state index in [0.717, 1.165) is 24.0 Å². The second-order valence-corrected chi connectivity index (χ2v) is 12.1. The first kappa shape index (κ1) is 33.3. The number of rotatable bonds is 13. The second kappa shape index (κ2) is 14.1. The largest absolute Gasteiger partial charge is 0.499 e. The van der Waals surface area contributed by atoms with Crippen LogP contribution in [-0.2, 0) is 28.6 Å². The molecule has 0 aromatic rings. The summed E-state index contributed by atoms with van der Waals surface area (Å²) in [5.41, 5.74) is 2.83. The Morgan fingerprint density at radius 2 is 1.70 bits per heavy atom. The number of ether oxygens (including phenoxy) is 3. The third kappa shape index (κ3) is 7.05. The molecule has 0 aromatic heterocycles. The summed E-state index contributed by atoms with van der Waals surface area (Å²) in [5, 5.41) is 0. The third-order valence-electron chi connectivity index (χ3n) is 8.33. The molecule has 0 aromatic carbocycles. The van der Waals surface area contributed by atoms with Crippen molar-refractivity contribution in [3.8, 4) is 0 Å². The number of hydrogen-bond acceptors (Lipinski definition) is 6. The van der Waals surface area contributed by atoms with Crippen LogP contribution in [-0.4, -0.2) is 37.9 Å². The summed E-state index contributed by atoms with van der Waals surface area (Å²) in [5.74, 6) is -0.870. The van der Waals surface area contributed by atoms with E-state index in [1.54, 1.807) is 0 Å². The lowest BCUT2D eigenvalue weighted by atomic mass is 9.61. The van der Waals surface area contributed by atoms with E-state index < -0.39 is 29.3 Å². The van der Waals surface area contributed by atoms with E-state index in [2.05, 4.69) is 26.5 Å². The zero-order valence-electron chi connectivity index (χ0n) is 26.4. The topological polar surface area (TPSA) is 78.9 Å². The fourth-order valence-corrected chi connectivity index (χ4v) is 5.76. The molecule has 0 radical (unpaired) electrons. The minimum Gasteiger partial charge on any atom is -0.499 e. The van der Waals surface area contributed by atoms with Crippen molar-refractivity contribution >= 4 is 17.5 Å². The van der Waals surface area contributed by atoms with Crippen LogP contribution in [0.4, 0.5) is 0 Å². The second-order valence-electron chi connectivity index (χ2n) is 12.1. The van der Waals surface area contributed by atoms with Gasteiger partial charge in [-0.15, -0.1) is 0 Å². The maximum absolute atomic E-state index is 15.1. The molecule has 1 aliphatic heterocycles. The minimum atomic E-state index is -1.15. The summed E-state index contributed by atoms with van der Waals surface area (Å²) in [6.45, 7) is 20.1. The first-order valence-corrected chi connectivity index (χ1v) is 14.5. The summed E-state index contributed by atoms with van der Waals surface area (Å²) in [4.78, 5) is 41.7. The van der Waals surface area contributed by atoms with Gasteiger partial charge in [-0.1, -0.05) is 55.7 Å². The summed E-state index contributed by atoms with van der Waals surface area (Å²) < 4.78 is 17.5. The molecule has 1 saturated heterocycles. The number of methoxy groups -OCH3 is 2. The molecule has 1 aliphatic carbocycles. The van der Waals surface area contributed by atoms with E-state index in [1.807, 2.05) is 47.6 Å². The monoisotopic (exact) mass is 554 g/mol. The van der Waals surface area contributed by atoms with Crippen molar-refractivity contribution in [1.82, 2.24) is 0 Å². The van der Waals surface area contributed by atoms with Gasteiger partial charge in [0.2, 0.25) is 0 Å². The standard InChI is InChI=1S/C34H50O6/c1-12-13-25(18-27(35)38-10)28-31-29(30(36)23(8)24(9)40-31)33(39-11)34(32(28)37,17-16-21(4)5)19-26(22(6)7)15-14-20(2)3/h14,16,23-26H,6,12-13,15,17-19H2,1-5,7-11H3/t23-,24-,25?,26?,34?/m1/s1. The quantitative estimate of drug-likeness (QED) is 0.172. The highest BCUT2D eigenvalue weighted by molar-refractivity contribution is 6.12. The number of ketones is 2. The Morgan fingerprint density at radius 1 is 1.07 bits per heavy atom.